The molecule has 0 aliphatic carbocycles. The van der Waals surface area contributed by atoms with E-state index < -0.39 is 5.97 Å². The molecule has 0 bridgehead atoms. The van der Waals surface area contributed by atoms with Gasteiger partial charge in [-0.3, -0.25) is 0 Å². The lowest BCUT2D eigenvalue weighted by molar-refractivity contribution is 0.0568. The predicted octanol–water partition coefficient (Wildman–Crippen LogP) is 4.23. The lowest BCUT2D eigenvalue weighted by Crippen LogP contribution is -2.00. The summed E-state index contributed by atoms with van der Waals surface area (Å²) in [5.74, 6) is 0.556. The fourth-order valence-electron chi connectivity index (χ4n) is 3.09. The van der Waals surface area contributed by atoms with Crippen LogP contribution in [-0.2, 0) is 11.3 Å². The quantitative estimate of drug-likeness (QED) is 0.524. The van der Waals surface area contributed by atoms with E-state index in [1.807, 2.05) is 48.5 Å². The van der Waals surface area contributed by atoms with Crippen LogP contribution in [0.4, 0.5) is 0 Å². The molecule has 0 fully saturated rings. The average Bonchev–Trinajstić information content (AvgIpc) is 3.21. The van der Waals surface area contributed by atoms with E-state index in [2.05, 4.69) is 4.57 Å². The molecule has 4 aromatic rings. The Hall–Kier alpha value is -3.21. The Morgan fingerprint density at radius 2 is 1.80 bits per heavy atom. The van der Waals surface area contributed by atoms with Gasteiger partial charge in [-0.25, -0.2) is 4.79 Å². The van der Waals surface area contributed by atoms with E-state index in [0.717, 1.165) is 27.7 Å². The van der Waals surface area contributed by atoms with E-state index in [1.54, 1.807) is 13.2 Å². The third-order valence-corrected chi connectivity index (χ3v) is 4.33. The van der Waals surface area contributed by atoms with Crippen LogP contribution < -0.4 is 4.74 Å². The van der Waals surface area contributed by atoms with Crippen LogP contribution in [0.25, 0.3) is 22.0 Å². The van der Waals surface area contributed by atoms with Gasteiger partial charge in [0.1, 0.15) is 5.75 Å². The predicted molar refractivity (Wildman–Crippen MR) is 95.1 cm³/mol. The van der Waals surface area contributed by atoms with Gasteiger partial charge >= 0.3 is 5.97 Å². The number of aromatic nitrogens is 1. The summed E-state index contributed by atoms with van der Waals surface area (Å²) in [6.07, 6.45) is 0. The standard InChI is InChI=1S/C20H17NO4/c1-23-14-9-7-13(8-10-14)12-21-16-6-4-3-5-15(16)19-17(21)11-18(25-19)20(22)24-2/h3-11H,12H2,1-2H3. The molecule has 0 aliphatic heterocycles. The van der Waals surface area contributed by atoms with Crippen molar-refractivity contribution in [1.29, 1.82) is 0 Å². The van der Waals surface area contributed by atoms with Crippen molar-refractivity contribution in [1.82, 2.24) is 4.57 Å². The molecular weight excluding hydrogens is 318 g/mol. The summed E-state index contributed by atoms with van der Waals surface area (Å²) in [5, 5.41) is 0.973. The second kappa shape index (κ2) is 6.02. The van der Waals surface area contributed by atoms with Gasteiger partial charge in [-0.05, 0) is 29.8 Å². The summed E-state index contributed by atoms with van der Waals surface area (Å²) >= 11 is 0. The van der Waals surface area contributed by atoms with Crippen LogP contribution in [0.1, 0.15) is 16.1 Å². The Kier molecular flexibility index (Phi) is 3.69. The van der Waals surface area contributed by atoms with Crippen molar-refractivity contribution < 1.29 is 18.7 Å². The molecular formula is C20H17NO4. The van der Waals surface area contributed by atoms with Crippen molar-refractivity contribution in [3.63, 3.8) is 0 Å². The highest BCUT2D eigenvalue weighted by atomic mass is 16.5. The normalized spacial score (nSPS) is 11.1. The monoisotopic (exact) mass is 335 g/mol. The molecule has 0 spiro atoms. The second-order valence-corrected chi connectivity index (χ2v) is 5.77. The summed E-state index contributed by atoms with van der Waals surface area (Å²) < 4.78 is 17.9. The summed E-state index contributed by atoms with van der Waals surface area (Å²) in [7, 11) is 3.00. The van der Waals surface area contributed by atoms with E-state index >= 15 is 0 Å². The van der Waals surface area contributed by atoms with Crippen LogP contribution in [0.3, 0.4) is 0 Å². The van der Waals surface area contributed by atoms with Crippen molar-refractivity contribution in [3.05, 3.63) is 65.9 Å². The van der Waals surface area contributed by atoms with Crippen LogP contribution in [-0.4, -0.2) is 24.8 Å². The molecule has 0 amide bonds. The van der Waals surface area contributed by atoms with Gasteiger partial charge < -0.3 is 18.5 Å². The lowest BCUT2D eigenvalue weighted by Gasteiger charge is -2.07. The van der Waals surface area contributed by atoms with Crippen molar-refractivity contribution >= 4 is 28.0 Å². The van der Waals surface area contributed by atoms with Crippen LogP contribution in [0.5, 0.6) is 5.75 Å². The Morgan fingerprint density at radius 3 is 2.52 bits per heavy atom. The molecule has 25 heavy (non-hydrogen) atoms. The molecule has 5 heteroatoms. The highest BCUT2D eigenvalue weighted by Crippen LogP contribution is 2.32. The van der Waals surface area contributed by atoms with Crippen molar-refractivity contribution in [2.75, 3.05) is 14.2 Å². The molecule has 4 rings (SSSR count). The number of rotatable bonds is 4. The Bertz CT molecular complexity index is 1060. The van der Waals surface area contributed by atoms with E-state index in [4.69, 9.17) is 13.9 Å². The Labute approximate surface area is 144 Å². The zero-order valence-electron chi connectivity index (χ0n) is 14.0. The number of esters is 1. The fourth-order valence-corrected chi connectivity index (χ4v) is 3.09. The minimum Gasteiger partial charge on any atom is -0.497 e. The third kappa shape index (κ3) is 2.54. The first-order valence-corrected chi connectivity index (χ1v) is 7.93. The van der Waals surface area contributed by atoms with Crippen LogP contribution in [0.15, 0.2) is 59.0 Å². The maximum Gasteiger partial charge on any atom is 0.374 e. The molecule has 2 heterocycles. The van der Waals surface area contributed by atoms with Gasteiger partial charge in [0.05, 0.1) is 25.3 Å². The lowest BCUT2D eigenvalue weighted by atomic mass is 10.2. The first-order valence-electron chi connectivity index (χ1n) is 7.93. The maximum atomic E-state index is 11.8. The van der Waals surface area contributed by atoms with Gasteiger partial charge in [0.25, 0.3) is 0 Å². The molecule has 0 saturated heterocycles. The largest absolute Gasteiger partial charge is 0.497 e. The minimum atomic E-state index is -0.476. The fraction of sp³-hybridized carbons (Fsp3) is 0.150. The van der Waals surface area contributed by atoms with E-state index in [9.17, 15) is 4.79 Å². The first kappa shape index (κ1) is 15.3. The molecule has 0 saturated carbocycles. The summed E-state index contributed by atoms with van der Waals surface area (Å²) in [5.41, 5.74) is 3.76. The van der Waals surface area contributed by atoms with E-state index in [-0.39, 0.29) is 5.76 Å². The SMILES string of the molecule is COC(=O)c1cc2c(o1)c1ccccc1n2Cc1ccc(OC)cc1. The number of benzene rings is 2. The van der Waals surface area contributed by atoms with Crippen molar-refractivity contribution in [3.8, 4) is 5.75 Å². The molecule has 2 aromatic carbocycles. The number of para-hydroxylation sites is 1. The highest BCUT2D eigenvalue weighted by Gasteiger charge is 2.19. The van der Waals surface area contributed by atoms with E-state index in [1.165, 1.54) is 7.11 Å². The molecule has 2 aromatic heterocycles. The number of methoxy groups -OCH3 is 2. The summed E-state index contributed by atoms with van der Waals surface area (Å²) in [6, 6.07) is 17.7. The van der Waals surface area contributed by atoms with Gasteiger partial charge in [-0.2, -0.15) is 0 Å². The molecule has 126 valence electrons. The highest BCUT2D eigenvalue weighted by molar-refractivity contribution is 6.07. The number of carbonyl (C=O) groups is 1. The Balaban J connectivity index is 1.86. The molecule has 0 aliphatic rings. The smallest absolute Gasteiger partial charge is 0.374 e. The van der Waals surface area contributed by atoms with Gasteiger partial charge in [0, 0.05) is 18.0 Å². The summed E-state index contributed by atoms with van der Waals surface area (Å²) in [6.45, 7) is 0.661. The summed E-state index contributed by atoms with van der Waals surface area (Å²) in [4.78, 5) is 11.8. The zero-order valence-corrected chi connectivity index (χ0v) is 14.0. The number of furan rings is 1. The van der Waals surface area contributed by atoms with Gasteiger partial charge in [-0.1, -0.05) is 24.3 Å². The zero-order chi connectivity index (χ0) is 17.4. The number of ether oxygens (including phenoxy) is 2. The second-order valence-electron chi connectivity index (χ2n) is 5.77. The number of hydrogen-bond donors (Lipinski definition) is 0. The maximum absolute atomic E-state index is 11.8. The van der Waals surface area contributed by atoms with Crippen molar-refractivity contribution in [2.45, 2.75) is 6.54 Å². The number of hydrogen-bond acceptors (Lipinski definition) is 4. The molecule has 0 radical (unpaired) electrons. The number of fused-ring (bicyclic) bond motifs is 3. The van der Waals surface area contributed by atoms with Crippen LogP contribution in [0, 0.1) is 0 Å². The molecule has 0 unspecified atom stereocenters. The van der Waals surface area contributed by atoms with Gasteiger partial charge in [-0.15, -0.1) is 0 Å². The number of nitrogens with zero attached hydrogens (tertiary/aromatic N) is 1. The molecule has 0 atom stereocenters. The van der Waals surface area contributed by atoms with Gasteiger partial charge in [0.2, 0.25) is 5.76 Å². The van der Waals surface area contributed by atoms with Gasteiger partial charge in [0.15, 0.2) is 5.58 Å². The topological polar surface area (TPSA) is 53.6 Å². The Morgan fingerprint density at radius 1 is 1.04 bits per heavy atom. The molecule has 0 N–H and O–H groups in total. The average molecular weight is 335 g/mol. The van der Waals surface area contributed by atoms with Crippen LogP contribution >= 0.6 is 0 Å². The number of carbonyl (C=O) groups excluding carboxylic acids is 1. The molecule has 5 nitrogen and oxygen atoms in total. The third-order valence-electron chi connectivity index (χ3n) is 4.33. The van der Waals surface area contributed by atoms with Crippen molar-refractivity contribution in [2.24, 2.45) is 0 Å². The minimum absolute atomic E-state index is 0.210. The first-order chi connectivity index (χ1) is 12.2. The van der Waals surface area contributed by atoms with E-state index in [0.29, 0.717) is 12.1 Å². The van der Waals surface area contributed by atoms with Crippen LogP contribution in [0.2, 0.25) is 0 Å².